The predicted octanol–water partition coefficient (Wildman–Crippen LogP) is 2.77. The number of hydrogen-bond acceptors (Lipinski definition) is 4. The number of aryl methyl sites for hydroxylation is 1. The number of carbonyl (C=O) groups excluding carboxylic acids is 1. The van der Waals surface area contributed by atoms with Gasteiger partial charge in [-0.15, -0.1) is 11.3 Å². The average Bonchev–Trinajstić information content (AvgIpc) is 3.16. The number of rotatable bonds is 4. The molecule has 8 heteroatoms. The lowest BCUT2D eigenvalue weighted by Gasteiger charge is -2.16. The Balaban J connectivity index is 1.70. The first-order chi connectivity index (χ1) is 10.5. The lowest BCUT2D eigenvalue weighted by molar-refractivity contribution is 0.247. The van der Waals surface area contributed by atoms with Crippen LogP contribution in [0.2, 0.25) is 5.02 Å². The molecule has 22 heavy (non-hydrogen) atoms. The number of urea groups is 1. The fourth-order valence-electron chi connectivity index (χ4n) is 2.25. The molecule has 2 aromatic heterocycles. The summed E-state index contributed by atoms with van der Waals surface area (Å²) in [6.45, 7) is 0. The SMILES string of the molecule is Cn1cc(NC(=O)NC(c2nccs2)C2CC2)cc(Cl)c1=O. The summed E-state index contributed by atoms with van der Waals surface area (Å²) in [6, 6.07) is 1.05. The Morgan fingerprint density at radius 3 is 2.91 bits per heavy atom. The minimum absolute atomic E-state index is 0.0667. The Labute approximate surface area is 136 Å². The first-order valence-corrected chi connectivity index (χ1v) is 8.13. The summed E-state index contributed by atoms with van der Waals surface area (Å²) in [5.74, 6) is 0.445. The molecule has 1 aliphatic rings. The summed E-state index contributed by atoms with van der Waals surface area (Å²) < 4.78 is 1.33. The monoisotopic (exact) mass is 338 g/mol. The van der Waals surface area contributed by atoms with Crippen LogP contribution in [0.5, 0.6) is 0 Å². The van der Waals surface area contributed by atoms with Gasteiger partial charge in [0.2, 0.25) is 0 Å². The van der Waals surface area contributed by atoms with Crippen molar-refractivity contribution in [3.63, 3.8) is 0 Å². The Morgan fingerprint density at radius 1 is 1.55 bits per heavy atom. The Kier molecular flexibility index (Phi) is 4.17. The molecule has 1 fully saturated rings. The molecular formula is C14H15ClN4O2S. The van der Waals surface area contributed by atoms with Crippen molar-refractivity contribution in [3.05, 3.63) is 44.2 Å². The standard InChI is InChI=1S/C14H15ClN4O2S/c1-19-7-9(6-10(15)13(19)20)17-14(21)18-11(8-2-3-8)12-16-4-5-22-12/h4-8,11H,2-3H2,1H3,(H2,17,18,21). The molecule has 6 nitrogen and oxygen atoms in total. The van der Waals surface area contributed by atoms with Crippen molar-refractivity contribution < 1.29 is 4.79 Å². The summed E-state index contributed by atoms with van der Waals surface area (Å²) in [7, 11) is 1.58. The highest BCUT2D eigenvalue weighted by molar-refractivity contribution is 7.09. The van der Waals surface area contributed by atoms with E-state index < -0.39 is 0 Å². The van der Waals surface area contributed by atoms with Crippen LogP contribution >= 0.6 is 22.9 Å². The maximum Gasteiger partial charge on any atom is 0.319 e. The van der Waals surface area contributed by atoms with Gasteiger partial charge in [0.15, 0.2) is 0 Å². The molecule has 0 aliphatic heterocycles. The third-order valence-electron chi connectivity index (χ3n) is 3.49. The molecule has 1 unspecified atom stereocenters. The largest absolute Gasteiger partial charge is 0.328 e. The van der Waals surface area contributed by atoms with Crippen LogP contribution in [0.25, 0.3) is 0 Å². The second-order valence-corrected chi connectivity index (χ2v) is 6.61. The Bertz CT molecular complexity index is 714. The third-order valence-corrected chi connectivity index (χ3v) is 4.62. The molecule has 0 spiro atoms. The van der Waals surface area contributed by atoms with Gasteiger partial charge >= 0.3 is 6.03 Å². The molecule has 2 amide bonds. The molecule has 116 valence electrons. The molecule has 1 aliphatic carbocycles. The number of carbonyl (C=O) groups is 1. The van der Waals surface area contributed by atoms with Gasteiger partial charge in [-0.1, -0.05) is 11.6 Å². The molecule has 3 rings (SSSR count). The van der Waals surface area contributed by atoms with E-state index in [4.69, 9.17) is 11.6 Å². The molecule has 0 bridgehead atoms. The number of anilines is 1. The van der Waals surface area contributed by atoms with Crippen molar-refractivity contribution in [3.8, 4) is 0 Å². The van der Waals surface area contributed by atoms with Gasteiger partial charge in [0, 0.05) is 24.8 Å². The quantitative estimate of drug-likeness (QED) is 0.900. The Morgan fingerprint density at radius 2 is 2.32 bits per heavy atom. The normalized spacial score (nSPS) is 15.4. The van der Waals surface area contributed by atoms with Crippen molar-refractivity contribution in [2.24, 2.45) is 13.0 Å². The third kappa shape index (κ3) is 3.31. The van der Waals surface area contributed by atoms with Gasteiger partial charge < -0.3 is 15.2 Å². The zero-order chi connectivity index (χ0) is 15.7. The molecule has 2 aromatic rings. The van der Waals surface area contributed by atoms with Crippen molar-refractivity contribution in [2.45, 2.75) is 18.9 Å². The fourth-order valence-corrected chi connectivity index (χ4v) is 3.28. The van der Waals surface area contributed by atoms with E-state index in [1.165, 1.54) is 28.2 Å². The van der Waals surface area contributed by atoms with Crippen LogP contribution in [0.4, 0.5) is 10.5 Å². The summed E-state index contributed by atoms with van der Waals surface area (Å²) in [5, 5.41) is 8.54. The zero-order valence-electron chi connectivity index (χ0n) is 11.9. The number of hydrogen-bond donors (Lipinski definition) is 2. The summed E-state index contributed by atoms with van der Waals surface area (Å²) in [6.07, 6.45) is 5.46. The molecular weight excluding hydrogens is 324 g/mol. The van der Waals surface area contributed by atoms with Crippen molar-refractivity contribution in [1.82, 2.24) is 14.9 Å². The van der Waals surface area contributed by atoms with Crippen LogP contribution in [0, 0.1) is 5.92 Å². The lowest BCUT2D eigenvalue weighted by Crippen LogP contribution is -2.34. The number of nitrogens with one attached hydrogen (secondary N) is 2. The smallest absolute Gasteiger partial charge is 0.319 e. The molecule has 0 saturated heterocycles. The van der Waals surface area contributed by atoms with Crippen molar-refractivity contribution in [1.29, 1.82) is 0 Å². The van der Waals surface area contributed by atoms with E-state index in [1.807, 2.05) is 5.38 Å². The maximum atomic E-state index is 12.2. The minimum Gasteiger partial charge on any atom is -0.328 e. The number of pyridine rings is 1. The molecule has 0 radical (unpaired) electrons. The number of aromatic nitrogens is 2. The number of halogens is 1. The highest BCUT2D eigenvalue weighted by Crippen LogP contribution is 2.41. The van der Waals surface area contributed by atoms with Crippen LogP contribution in [0.3, 0.4) is 0 Å². The zero-order valence-corrected chi connectivity index (χ0v) is 13.4. The van der Waals surface area contributed by atoms with E-state index in [0.29, 0.717) is 11.6 Å². The van der Waals surface area contributed by atoms with Crippen LogP contribution in [-0.4, -0.2) is 15.6 Å². The number of thiazole rings is 1. The lowest BCUT2D eigenvalue weighted by atomic mass is 10.2. The molecule has 2 N–H and O–H groups in total. The van der Waals surface area contributed by atoms with E-state index in [1.54, 1.807) is 13.2 Å². The van der Waals surface area contributed by atoms with E-state index >= 15 is 0 Å². The van der Waals surface area contributed by atoms with Gasteiger partial charge in [-0.3, -0.25) is 4.79 Å². The highest BCUT2D eigenvalue weighted by atomic mass is 35.5. The van der Waals surface area contributed by atoms with Gasteiger partial charge in [-0.25, -0.2) is 9.78 Å². The van der Waals surface area contributed by atoms with Crippen LogP contribution in [0.15, 0.2) is 28.6 Å². The molecule has 1 atom stereocenters. The van der Waals surface area contributed by atoms with E-state index in [0.717, 1.165) is 17.8 Å². The molecule has 1 saturated carbocycles. The van der Waals surface area contributed by atoms with Crippen LogP contribution in [0.1, 0.15) is 23.9 Å². The second-order valence-electron chi connectivity index (χ2n) is 5.28. The van der Waals surface area contributed by atoms with Gasteiger partial charge in [0.1, 0.15) is 10.0 Å². The molecule has 2 heterocycles. The minimum atomic E-state index is -0.332. The van der Waals surface area contributed by atoms with Gasteiger partial charge in [0.05, 0.1) is 11.7 Å². The number of nitrogens with zero attached hydrogens (tertiary/aromatic N) is 2. The molecule has 0 aromatic carbocycles. The fraction of sp³-hybridized carbons (Fsp3) is 0.357. The summed E-state index contributed by atoms with van der Waals surface area (Å²) in [5.41, 5.74) is 0.171. The summed E-state index contributed by atoms with van der Waals surface area (Å²) in [4.78, 5) is 28.0. The first-order valence-electron chi connectivity index (χ1n) is 6.87. The van der Waals surface area contributed by atoms with Gasteiger partial charge in [0.25, 0.3) is 5.56 Å². The number of amides is 2. The first kappa shape index (κ1) is 15.1. The van der Waals surface area contributed by atoms with E-state index in [-0.39, 0.29) is 22.7 Å². The Hall–Kier alpha value is -1.86. The van der Waals surface area contributed by atoms with Crippen LogP contribution < -0.4 is 16.2 Å². The van der Waals surface area contributed by atoms with Gasteiger partial charge in [-0.2, -0.15) is 0 Å². The predicted molar refractivity (Wildman–Crippen MR) is 86.4 cm³/mol. The van der Waals surface area contributed by atoms with Crippen molar-refractivity contribution >= 4 is 34.7 Å². The highest BCUT2D eigenvalue weighted by Gasteiger charge is 2.35. The van der Waals surface area contributed by atoms with Crippen molar-refractivity contribution in [2.75, 3.05) is 5.32 Å². The van der Waals surface area contributed by atoms with Gasteiger partial charge in [-0.05, 0) is 24.8 Å². The maximum absolute atomic E-state index is 12.2. The topological polar surface area (TPSA) is 76.0 Å². The second kappa shape index (κ2) is 6.10. The van der Waals surface area contributed by atoms with Crippen LogP contribution in [-0.2, 0) is 7.05 Å². The average molecular weight is 339 g/mol. The summed E-state index contributed by atoms with van der Waals surface area (Å²) >= 11 is 7.37. The van der Waals surface area contributed by atoms with E-state index in [9.17, 15) is 9.59 Å². The van der Waals surface area contributed by atoms with E-state index in [2.05, 4.69) is 15.6 Å².